The van der Waals surface area contributed by atoms with Crippen molar-refractivity contribution >= 4 is 17.7 Å². The number of anilines is 1. The highest BCUT2D eigenvalue weighted by molar-refractivity contribution is 6.00. The molecular weight excluding hydrogens is 307 g/mol. The monoisotopic (exact) mass is 328 g/mol. The van der Waals surface area contributed by atoms with E-state index in [1.807, 2.05) is 0 Å². The van der Waals surface area contributed by atoms with Gasteiger partial charge in [0.15, 0.2) is 6.29 Å². The molecule has 0 aliphatic carbocycles. The second kappa shape index (κ2) is 9.75. The van der Waals surface area contributed by atoms with E-state index in [2.05, 4.69) is 15.4 Å². The van der Waals surface area contributed by atoms with Crippen LogP contribution in [0.2, 0.25) is 0 Å². The highest BCUT2D eigenvalue weighted by Gasteiger charge is 2.18. The number of urea groups is 1. The van der Waals surface area contributed by atoms with Gasteiger partial charge in [0.25, 0.3) is 0 Å². The highest BCUT2D eigenvalue weighted by Crippen LogP contribution is 2.20. The van der Waals surface area contributed by atoms with Gasteiger partial charge in [0.1, 0.15) is 5.82 Å². The number of hydrogen-bond donors (Lipinski definition) is 2. The van der Waals surface area contributed by atoms with E-state index in [1.54, 1.807) is 13.8 Å². The largest absolute Gasteiger partial charge is 0.465 e. The molecule has 23 heavy (non-hydrogen) atoms. The van der Waals surface area contributed by atoms with Gasteiger partial charge in [-0.25, -0.2) is 14.0 Å². The Morgan fingerprint density at radius 3 is 2.43 bits per heavy atom. The van der Waals surface area contributed by atoms with Crippen LogP contribution in [0.4, 0.5) is 14.9 Å². The summed E-state index contributed by atoms with van der Waals surface area (Å²) in [7, 11) is 1.17. The molecular formula is C15H21FN2O5. The molecule has 0 aliphatic heterocycles. The van der Waals surface area contributed by atoms with Crippen LogP contribution >= 0.6 is 0 Å². The zero-order valence-corrected chi connectivity index (χ0v) is 13.3. The Kier molecular flexibility index (Phi) is 8.00. The number of esters is 1. The number of carbonyl (C=O) groups is 2. The Morgan fingerprint density at radius 2 is 1.87 bits per heavy atom. The minimum Gasteiger partial charge on any atom is -0.465 e. The molecule has 7 nitrogen and oxygen atoms in total. The third-order valence-electron chi connectivity index (χ3n) is 2.79. The van der Waals surface area contributed by atoms with Crippen LogP contribution in [0.3, 0.4) is 0 Å². The summed E-state index contributed by atoms with van der Waals surface area (Å²) in [5.41, 5.74) is -0.324. The van der Waals surface area contributed by atoms with E-state index in [9.17, 15) is 14.0 Å². The highest BCUT2D eigenvalue weighted by atomic mass is 19.1. The van der Waals surface area contributed by atoms with Crippen molar-refractivity contribution in [2.24, 2.45) is 0 Å². The Hall–Kier alpha value is -2.19. The summed E-state index contributed by atoms with van der Waals surface area (Å²) in [6, 6.07) is 3.15. The molecule has 0 spiro atoms. The van der Waals surface area contributed by atoms with Crippen molar-refractivity contribution in [3.63, 3.8) is 0 Å². The first-order chi connectivity index (χ1) is 11.0. The summed E-state index contributed by atoms with van der Waals surface area (Å²) in [6.07, 6.45) is -0.601. The van der Waals surface area contributed by atoms with E-state index < -0.39 is 24.1 Å². The summed E-state index contributed by atoms with van der Waals surface area (Å²) >= 11 is 0. The SMILES string of the molecule is CCOC(CNC(=O)Nc1c(F)cccc1C(=O)OC)OCC. The molecule has 0 saturated carbocycles. The van der Waals surface area contributed by atoms with Gasteiger partial charge in [-0.3, -0.25) is 0 Å². The number of hydrogen-bond acceptors (Lipinski definition) is 5. The second-order valence-corrected chi connectivity index (χ2v) is 4.33. The number of methoxy groups -OCH3 is 1. The lowest BCUT2D eigenvalue weighted by Crippen LogP contribution is -2.38. The number of nitrogens with one attached hydrogen (secondary N) is 2. The molecule has 0 radical (unpaired) electrons. The van der Waals surface area contributed by atoms with Gasteiger partial charge in [0.05, 0.1) is 24.9 Å². The van der Waals surface area contributed by atoms with Crippen molar-refractivity contribution in [3.05, 3.63) is 29.6 Å². The molecule has 2 amide bonds. The number of carbonyl (C=O) groups excluding carboxylic acids is 2. The molecule has 1 aromatic carbocycles. The van der Waals surface area contributed by atoms with Crippen molar-refractivity contribution in [1.82, 2.24) is 5.32 Å². The maximum absolute atomic E-state index is 13.8. The molecule has 1 aromatic rings. The molecule has 0 heterocycles. The van der Waals surface area contributed by atoms with Crippen LogP contribution in [-0.2, 0) is 14.2 Å². The first-order valence-electron chi connectivity index (χ1n) is 7.18. The lowest BCUT2D eigenvalue weighted by Gasteiger charge is -2.18. The molecule has 0 aromatic heterocycles. The molecule has 0 fully saturated rings. The van der Waals surface area contributed by atoms with E-state index in [1.165, 1.54) is 19.2 Å². The predicted molar refractivity (Wildman–Crippen MR) is 81.8 cm³/mol. The fourth-order valence-electron chi connectivity index (χ4n) is 1.80. The molecule has 8 heteroatoms. The molecule has 0 unspecified atom stereocenters. The number of rotatable bonds is 8. The third kappa shape index (κ3) is 5.84. The van der Waals surface area contributed by atoms with Crippen LogP contribution < -0.4 is 10.6 Å². The predicted octanol–water partition coefficient (Wildman–Crippen LogP) is 2.13. The Bertz CT molecular complexity index is 533. The Labute approximate surface area is 134 Å². The van der Waals surface area contributed by atoms with Gasteiger partial charge in [-0.1, -0.05) is 6.07 Å². The molecule has 0 atom stereocenters. The van der Waals surface area contributed by atoms with Crippen LogP contribution in [-0.4, -0.2) is 45.2 Å². The molecule has 0 bridgehead atoms. The quantitative estimate of drug-likeness (QED) is 0.564. The smallest absolute Gasteiger partial charge is 0.340 e. The molecule has 0 aliphatic rings. The average molecular weight is 328 g/mol. The fraction of sp³-hybridized carbons (Fsp3) is 0.467. The van der Waals surface area contributed by atoms with Crippen molar-refractivity contribution in [3.8, 4) is 0 Å². The normalized spacial score (nSPS) is 10.5. The standard InChI is InChI=1S/C15H21FN2O5/c1-4-22-12(23-5-2)9-17-15(20)18-13-10(14(19)21-3)7-6-8-11(13)16/h6-8,12H,4-5,9H2,1-3H3,(H2,17,18,20). The van der Waals surface area contributed by atoms with Crippen molar-refractivity contribution in [2.75, 3.05) is 32.2 Å². The first kappa shape index (κ1) is 18.9. The van der Waals surface area contributed by atoms with E-state index in [0.717, 1.165) is 6.07 Å². The van der Waals surface area contributed by atoms with E-state index >= 15 is 0 Å². The fourth-order valence-corrected chi connectivity index (χ4v) is 1.80. The third-order valence-corrected chi connectivity index (χ3v) is 2.79. The van der Waals surface area contributed by atoms with Gasteiger partial charge in [-0.05, 0) is 26.0 Å². The van der Waals surface area contributed by atoms with Crippen LogP contribution in [0.15, 0.2) is 18.2 Å². The maximum Gasteiger partial charge on any atom is 0.340 e. The minimum absolute atomic E-state index is 0.0752. The number of para-hydroxylation sites is 1. The number of halogens is 1. The molecule has 2 N–H and O–H groups in total. The van der Waals surface area contributed by atoms with E-state index in [4.69, 9.17) is 9.47 Å². The second-order valence-electron chi connectivity index (χ2n) is 4.33. The van der Waals surface area contributed by atoms with E-state index in [0.29, 0.717) is 13.2 Å². The van der Waals surface area contributed by atoms with Gasteiger partial charge in [-0.15, -0.1) is 0 Å². The van der Waals surface area contributed by atoms with Crippen LogP contribution in [0.1, 0.15) is 24.2 Å². The van der Waals surface area contributed by atoms with Crippen molar-refractivity contribution in [2.45, 2.75) is 20.1 Å². The molecule has 1 rings (SSSR count). The van der Waals surface area contributed by atoms with Crippen molar-refractivity contribution < 1.29 is 28.2 Å². The molecule has 128 valence electrons. The van der Waals surface area contributed by atoms with Gasteiger partial charge in [-0.2, -0.15) is 0 Å². The number of benzene rings is 1. The van der Waals surface area contributed by atoms with Crippen molar-refractivity contribution in [1.29, 1.82) is 0 Å². The summed E-state index contributed by atoms with van der Waals surface area (Å²) in [5.74, 6) is -1.49. The van der Waals surface area contributed by atoms with Gasteiger partial charge < -0.3 is 24.8 Å². The maximum atomic E-state index is 13.8. The molecule has 0 saturated heterocycles. The summed E-state index contributed by atoms with van der Waals surface area (Å²) in [6.45, 7) is 4.53. The van der Waals surface area contributed by atoms with Gasteiger partial charge in [0, 0.05) is 13.2 Å². The number of ether oxygens (including phenoxy) is 3. The number of amides is 2. The zero-order valence-electron chi connectivity index (χ0n) is 13.3. The summed E-state index contributed by atoms with van der Waals surface area (Å²) in [5, 5.41) is 4.79. The lowest BCUT2D eigenvalue weighted by atomic mass is 10.1. The minimum atomic E-state index is -0.749. The average Bonchev–Trinajstić information content (AvgIpc) is 2.54. The summed E-state index contributed by atoms with van der Waals surface area (Å²) in [4.78, 5) is 23.5. The lowest BCUT2D eigenvalue weighted by molar-refractivity contribution is -0.131. The van der Waals surface area contributed by atoms with E-state index in [-0.39, 0.29) is 17.8 Å². The van der Waals surface area contributed by atoms with Gasteiger partial charge >= 0.3 is 12.0 Å². The zero-order chi connectivity index (χ0) is 17.2. The summed E-state index contributed by atoms with van der Waals surface area (Å²) < 4.78 is 29.0. The van der Waals surface area contributed by atoms with Crippen LogP contribution in [0.5, 0.6) is 0 Å². The van der Waals surface area contributed by atoms with Gasteiger partial charge in [0.2, 0.25) is 0 Å². The van der Waals surface area contributed by atoms with Crippen LogP contribution in [0.25, 0.3) is 0 Å². The Morgan fingerprint density at radius 1 is 1.22 bits per heavy atom. The van der Waals surface area contributed by atoms with Crippen LogP contribution in [0, 0.1) is 5.82 Å². The Balaban J connectivity index is 2.72. The topological polar surface area (TPSA) is 85.9 Å². The first-order valence-corrected chi connectivity index (χ1v) is 7.18.